The molecular weight excluding hydrogens is 264 g/mol. The van der Waals surface area contributed by atoms with Crippen LogP contribution < -0.4 is 15.8 Å². The lowest BCUT2D eigenvalue weighted by atomic mass is 10.1. The van der Waals surface area contributed by atoms with Gasteiger partial charge < -0.3 is 10.2 Å². The average molecular weight is 285 g/mol. The highest BCUT2D eigenvalue weighted by atomic mass is 35.5. The average Bonchev–Trinajstić information content (AvgIpc) is 2.81. The number of rotatable bonds is 4. The molecule has 0 aliphatic carbocycles. The molecule has 1 aliphatic rings. The molecule has 6 heteroatoms. The zero-order valence-corrected chi connectivity index (χ0v) is 12.4. The van der Waals surface area contributed by atoms with E-state index in [0.717, 1.165) is 31.7 Å². The van der Waals surface area contributed by atoms with Crippen LogP contribution in [0.4, 0.5) is 5.69 Å². The van der Waals surface area contributed by atoms with Crippen molar-refractivity contribution in [1.29, 1.82) is 0 Å². The SMILES string of the molecule is CNCC1CCN(c2cnn(C(C)C)c(=O)c2Cl)C1. The minimum atomic E-state index is -0.203. The first-order valence-electron chi connectivity index (χ1n) is 6.71. The molecule has 0 aromatic carbocycles. The van der Waals surface area contributed by atoms with E-state index in [2.05, 4.69) is 15.3 Å². The fraction of sp³-hybridized carbons (Fsp3) is 0.692. The van der Waals surface area contributed by atoms with Gasteiger partial charge in [-0.3, -0.25) is 4.79 Å². The highest BCUT2D eigenvalue weighted by molar-refractivity contribution is 6.33. The van der Waals surface area contributed by atoms with Gasteiger partial charge in [-0.25, -0.2) is 4.68 Å². The van der Waals surface area contributed by atoms with Gasteiger partial charge in [-0.05, 0) is 39.8 Å². The van der Waals surface area contributed by atoms with Crippen LogP contribution in [0.25, 0.3) is 0 Å². The Hall–Kier alpha value is -1.07. The molecule has 1 aromatic rings. The largest absolute Gasteiger partial charge is 0.369 e. The summed E-state index contributed by atoms with van der Waals surface area (Å²) >= 11 is 6.22. The van der Waals surface area contributed by atoms with Crippen LogP contribution in [0.5, 0.6) is 0 Å². The van der Waals surface area contributed by atoms with Crippen LogP contribution in [-0.2, 0) is 0 Å². The summed E-state index contributed by atoms with van der Waals surface area (Å²) < 4.78 is 1.42. The van der Waals surface area contributed by atoms with Crippen molar-refractivity contribution in [3.63, 3.8) is 0 Å². The number of hydrogen-bond acceptors (Lipinski definition) is 4. The van der Waals surface area contributed by atoms with E-state index in [9.17, 15) is 4.79 Å². The van der Waals surface area contributed by atoms with Gasteiger partial charge in [0.25, 0.3) is 5.56 Å². The molecule has 0 saturated carbocycles. The molecule has 19 heavy (non-hydrogen) atoms. The van der Waals surface area contributed by atoms with Gasteiger partial charge in [0.1, 0.15) is 5.02 Å². The molecule has 1 aliphatic heterocycles. The third-order valence-corrected chi connectivity index (χ3v) is 3.89. The van der Waals surface area contributed by atoms with Crippen molar-refractivity contribution in [2.45, 2.75) is 26.3 Å². The second kappa shape index (κ2) is 5.92. The van der Waals surface area contributed by atoms with Crippen LogP contribution in [0.15, 0.2) is 11.0 Å². The van der Waals surface area contributed by atoms with Crippen molar-refractivity contribution in [2.24, 2.45) is 5.92 Å². The summed E-state index contributed by atoms with van der Waals surface area (Å²) in [6.45, 7) is 6.68. The van der Waals surface area contributed by atoms with E-state index in [-0.39, 0.29) is 16.6 Å². The van der Waals surface area contributed by atoms with Gasteiger partial charge >= 0.3 is 0 Å². The quantitative estimate of drug-likeness (QED) is 0.911. The smallest absolute Gasteiger partial charge is 0.287 e. The number of anilines is 1. The Morgan fingerprint density at radius 1 is 1.58 bits per heavy atom. The van der Waals surface area contributed by atoms with Crippen molar-refractivity contribution in [2.75, 3.05) is 31.6 Å². The van der Waals surface area contributed by atoms with E-state index in [1.165, 1.54) is 4.68 Å². The van der Waals surface area contributed by atoms with Crippen LogP contribution >= 0.6 is 11.6 Å². The second-order valence-electron chi connectivity index (χ2n) is 5.35. The molecule has 1 N–H and O–H groups in total. The van der Waals surface area contributed by atoms with Gasteiger partial charge in [0.2, 0.25) is 0 Å². The molecule has 0 spiro atoms. The van der Waals surface area contributed by atoms with E-state index < -0.39 is 0 Å². The maximum atomic E-state index is 12.1. The Bertz CT molecular complexity index is 500. The predicted molar refractivity (Wildman–Crippen MR) is 78.1 cm³/mol. The summed E-state index contributed by atoms with van der Waals surface area (Å²) in [7, 11) is 1.96. The van der Waals surface area contributed by atoms with Crippen molar-refractivity contribution >= 4 is 17.3 Å². The fourth-order valence-corrected chi connectivity index (χ4v) is 2.79. The third kappa shape index (κ3) is 2.92. The zero-order valence-electron chi connectivity index (χ0n) is 11.7. The van der Waals surface area contributed by atoms with Crippen LogP contribution in [0.3, 0.4) is 0 Å². The Balaban J connectivity index is 2.23. The van der Waals surface area contributed by atoms with Crippen LogP contribution in [0.1, 0.15) is 26.3 Å². The molecule has 2 heterocycles. The van der Waals surface area contributed by atoms with Crippen molar-refractivity contribution in [1.82, 2.24) is 15.1 Å². The topological polar surface area (TPSA) is 50.2 Å². The number of nitrogens with one attached hydrogen (secondary N) is 1. The predicted octanol–water partition coefficient (Wildman–Crippen LogP) is 1.52. The van der Waals surface area contributed by atoms with Gasteiger partial charge in [-0.15, -0.1) is 0 Å². The third-order valence-electron chi connectivity index (χ3n) is 3.53. The Labute approximate surface area is 118 Å². The minimum Gasteiger partial charge on any atom is -0.369 e. The molecule has 106 valence electrons. The molecule has 1 saturated heterocycles. The highest BCUT2D eigenvalue weighted by Gasteiger charge is 2.25. The molecule has 1 fully saturated rings. The molecule has 5 nitrogen and oxygen atoms in total. The van der Waals surface area contributed by atoms with Crippen LogP contribution in [-0.4, -0.2) is 36.5 Å². The summed E-state index contributed by atoms with van der Waals surface area (Å²) in [5, 5.41) is 7.69. The zero-order chi connectivity index (χ0) is 14.0. The van der Waals surface area contributed by atoms with Gasteiger partial charge in [0.05, 0.1) is 17.9 Å². The monoisotopic (exact) mass is 284 g/mol. The normalized spacial score (nSPS) is 19.4. The lowest BCUT2D eigenvalue weighted by Crippen LogP contribution is -2.30. The van der Waals surface area contributed by atoms with E-state index in [0.29, 0.717) is 5.92 Å². The molecule has 0 radical (unpaired) electrons. The first kappa shape index (κ1) is 14.3. The first-order chi connectivity index (χ1) is 9.04. The molecule has 0 bridgehead atoms. The van der Waals surface area contributed by atoms with Gasteiger partial charge in [-0.1, -0.05) is 11.6 Å². The van der Waals surface area contributed by atoms with E-state index in [1.807, 2.05) is 20.9 Å². The number of halogens is 1. The Kier molecular flexibility index (Phi) is 4.47. The van der Waals surface area contributed by atoms with Crippen LogP contribution in [0.2, 0.25) is 5.02 Å². The van der Waals surface area contributed by atoms with E-state index in [4.69, 9.17) is 11.6 Å². The van der Waals surface area contributed by atoms with Gasteiger partial charge in [0.15, 0.2) is 0 Å². The van der Waals surface area contributed by atoms with Crippen LogP contribution in [0, 0.1) is 5.92 Å². The summed E-state index contributed by atoms with van der Waals surface area (Å²) in [4.78, 5) is 14.3. The highest BCUT2D eigenvalue weighted by Crippen LogP contribution is 2.27. The maximum Gasteiger partial charge on any atom is 0.287 e. The first-order valence-corrected chi connectivity index (χ1v) is 7.09. The summed E-state index contributed by atoms with van der Waals surface area (Å²) in [6.07, 6.45) is 2.83. The van der Waals surface area contributed by atoms with Gasteiger partial charge in [-0.2, -0.15) is 5.10 Å². The number of hydrogen-bond donors (Lipinski definition) is 1. The molecule has 1 atom stereocenters. The lowest BCUT2D eigenvalue weighted by Gasteiger charge is -2.20. The van der Waals surface area contributed by atoms with Crippen molar-refractivity contribution < 1.29 is 0 Å². The Morgan fingerprint density at radius 2 is 2.32 bits per heavy atom. The van der Waals surface area contributed by atoms with Crippen molar-refractivity contribution in [3.8, 4) is 0 Å². The second-order valence-corrected chi connectivity index (χ2v) is 5.72. The van der Waals surface area contributed by atoms with E-state index in [1.54, 1.807) is 6.20 Å². The maximum absolute atomic E-state index is 12.1. The minimum absolute atomic E-state index is 0.0228. The standard InChI is InChI=1S/C13H21ClN4O/c1-9(2)18-13(19)12(14)11(7-16-18)17-5-4-10(8-17)6-15-3/h7,9-10,15H,4-6,8H2,1-3H3. The molecule has 2 rings (SSSR count). The summed E-state index contributed by atoms with van der Waals surface area (Å²) in [5.41, 5.74) is 0.563. The molecular formula is C13H21ClN4O. The summed E-state index contributed by atoms with van der Waals surface area (Å²) in [6, 6.07) is 0.0228. The van der Waals surface area contributed by atoms with Gasteiger partial charge in [0, 0.05) is 13.1 Å². The fourth-order valence-electron chi connectivity index (χ4n) is 2.53. The van der Waals surface area contributed by atoms with Crippen molar-refractivity contribution in [3.05, 3.63) is 21.6 Å². The Morgan fingerprint density at radius 3 is 2.95 bits per heavy atom. The molecule has 1 unspecified atom stereocenters. The number of nitrogens with zero attached hydrogens (tertiary/aromatic N) is 3. The number of aromatic nitrogens is 2. The van der Waals surface area contributed by atoms with E-state index >= 15 is 0 Å². The molecule has 1 aromatic heterocycles. The lowest BCUT2D eigenvalue weighted by molar-refractivity contribution is 0.502. The molecule has 0 amide bonds. The summed E-state index contributed by atoms with van der Waals surface area (Å²) in [5.74, 6) is 0.605.